The summed E-state index contributed by atoms with van der Waals surface area (Å²) in [6, 6.07) is 10.2. The molecule has 0 saturated carbocycles. The lowest BCUT2D eigenvalue weighted by molar-refractivity contribution is -0.121. The minimum atomic E-state index is 0. The Balaban J connectivity index is 0.00000280. The lowest BCUT2D eigenvalue weighted by Gasteiger charge is -2.35. The molecule has 1 aliphatic rings. The molecule has 3 rings (SSSR count). The minimum absolute atomic E-state index is 0. The van der Waals surface area contributed by atoms with E-state index in [4.69, 9.17) is 15.5 Å². The van der Waals surface area contributed by atoms with Gasteiger partial charge in [-0.2, -0.15) is 0 Å². The van der Waals surface area contributed by atoms with Crippen molar-refractivity contribution in [3.8, 4) is 5.75 Å². The molecule has 154 valence electrons. The van der Waals surface area contributed by atoms with Gasteiger partial charge in [-0.25, -0.2) is 4.98 Å². The number of nitrogens with two attached hydrogens (primary N) is 1. The van der Waals surface area contributed by atoms with Crippen LogP contribution in [0.2, 0.25) is 0 Å². The van der Waals surface area contributed by atoms with Crippen molar-refractivity contribution < 1.29 is 9.53 Å². The second-order valence-electron chi connectivity index (χ2n) is 6.80. The molecule has 1 unspecified atom stereocenters. The molecule has 0 bridgehead atoms. The summed E-state index contributed by atoms with van der Waals surface area (Å²) >= 11 is 1.64. The van der Waals surface area contributed by atoms with E-state index in [1.54, 1.807) is 11.3 Å². The molecule has 1 atom stereocenters. The van der Waals surface area contributed by atoms with Gasteiger partial charge in [-0.3, -0.25) is 9.69 Å². The highest BCUT2D eigenvalue weighted by atomic mass is 35.5. The lowest BCUT2D eigenvalue weighted by Crippen LogP contribution is -2.46. The number of hydrogen-bond donors (Lipinski definition) is 2. The molecule has 8 heteroatoms. The summed E-state index contributed by atoms with van der Waals surface area (Å²) in [6.07, 6.45) is 3.91. The number of rotatable bonds is 9. The van der Waals surface area contributed by atoms with Crippen LogP contribution < -0.4 is 15.8 Å². The van der Waals surface area contributed by atoms with E-state index in [0.717, 1.165) is 36.0 Å². The van der Waals surface area contributed by atoms with E-state index in [-0.39, 0.29) is 18.3 Å². The summed E-state index contributed by atoms with van der Waals surface area (Å²) in [6.45, 7) is 3.44. The van der Waals surface area contributed by atoms with Gasteiger partial charge >= 0.3 is 0 Å². The summed E-state index contributed by atoms with van der Waals surface area (Å²) in [5.41, 5.74) is 6.52. The normalized spacial score (nSPS) is 17.0. The highest BCUT2D eigenvalue weighted by molar-refractivity contribution is 7.09. The van der Waals surface area contributed by atoms with Crippen molar-refractivity contribution in [3.63, 3.8) is 0 Å². The average Bonchev–Trinajstić information content (AvgIpc) is 3.14. The van der Waals surface area contributed by atoms with Crippen molar-refractivity contribution >= 4 is 29.7 Å². The van der Waals surface area contributed by atoms with Gasteiger partial charge in [0.1, 0.15) is 17.4 Å². The van der Waals surface area contributed by atoms with E-state index in [0.29, 0.717) is 32.2 Å². The van der Waals surface area contributed by atoms with Crippen LogP contribution in [0.15, 0.2) is 35.7 Å². The van der Waals surface area contributed by atoms with Crippen LogP contribution in [-0.2, 0) is 17.9 Å². The molecular formula is C20H29ClN4O2S. The van der Waals surface area contributed by atoms with Crippen molar-refractivity contribution in [1.29, 1.82) is 0 Å². The quantitative estimate of drug-likeness (QED) is 0.646. The van der Waals surface area contributed by atoms with Crippen LogP contribution in [0.3, 0.4) is 0 Å². The van der Waals surface area contributed by atoms with Crippen LogP contribution in [0.5, 0.6) is 5.75 Å². The highest BCUT2D eigenvalue weighted by Crippen LogP contribution is 2.21. The number of nitrogens with one attached hydrogen (secondary N) is 1. The number of aromatic nitrogens is 1. The molecule has 2 aromatic rings. The molecule has 0 radical (unpaired) electrons. The van der Waals surface area contributed by atoms with Crippen LogP contribution in [0, 0.1) is 0 Å². The molecule has 0 spiro atoms. The second kappa shape index (κ2) is 12.0. The Morgan fingerprint density at radius 2 is 2.14 bits per heavy atom. The number of ether oxygens (including phenoxy) is 1. The number of piperidine rings is 1. The summed E-state index contributed by atoms with van der Waals surface area (Å²) in [4.78, 5) is 18.9. The van der Waals surface area contributed by atoms with Gasteiger partial charge in [0.25, 0.3) is 0 Å². The molecule has 6 nitrogen and oxygen atoms in total. The molecule has 1 aromatic carbocycles. The van der Waals surface area contributed by atoms with Gasteiger partial charge in [0.2, 0.25) is 5.91 Å². The summed E-state index contributed by atoms with van der Waals surface area (Å²) < 4.78 is 5.78. The van der Waals surface area contributed by atoms with Gasteiger partial charge in [-0.05, 0) is 31.5 Å². The fourth-order valence-corrected chi connectivity index (χ4v) is 4.00. The van der Waals surface area contributed by atoms with Crippen LogP contribution in [-0.4, -0.2) is 41.5 Å². The molecule has 2 heterocycles. The molecule has 0 aliphatic carbocycles. The molecule has 1 aliphatic heterocycles. The van der Waals surface area contributed by atoms with Gasteiger partial charge in [0, 0.05) is 37.5 Å². The lowest BCUT2D eigenvalue weighted by atomic mass is 10.0. The maximum atomic E-state index is 11.7. The van der Waals surface area contributed by atoms with Crippen LogP contribution >= 0.6 is 23.7 Å². The van der Waals surface area contributed by atoms with E-state index in [2.05, 4.69) is 15.6 Å². The van der Waals surface area contributed by atoms with E-state index in [1.807, 2.05) is 30.3 Å². The predicted octanol–water partition coefficient (Wildman–Crippen LogP) is 2.96. The third kappa shape index (κ3) is 7.05. The standard InChI is InChI=1S/C20H28N4O2S.ClH/c21-10-9-19(25)22-12-17-6-4-5-11-24(17)13-16-15-27-20(23-16)14-26-18-7-2-1-3-8-18;/h1-3,7-8,15,17H,4-6,9-14,21H2,(H,22,25);1H. The van der Waals surface area contributed by atoms with Crippen molar-refractivity contribution in [1.82, 2.24) is 15.2 Å². The molecular weight excluding hydrogens is 396 g/mol. The predicted molar refractivity (Wildman–Crippen MR) is 115 cm³/mol. The van der Waals surface area contributed by atoms with Crippen molar-refractivity contribution in [2.75, 3.05) is 19.6 Å². The van der Waals surface area contributed by atoms with E-state index < -0.39 is 0 Å². The first-order valence-electron chi connectivity index (χ1n) is 9.56. The molecule has 28 heavy (non-hydrogen) atoms. The third-order valence-corrected chi connectivity index (χ3v) is 5.60. The molecule has 1 aromatic heterocycles. The number of carbonyl (C=O) groups excluding carboxylic acids is 1. The van der Waals surface area contributed by atoms with Gasteiger partial charge in [0.05, 0.1) is 5.69 Å². The summed E-state index contributed by atoms with van der Waals surface area (Å²) in [7, 11) is 0. The summed E-state index contributed by atoms with van der Waals surface area (Å²) in [5, 5.41) is 6.11. The van der Waals surface area contributed by atoms with Gasteiger partial charge < -0.3 is 15.8 Å². The zero-order chi connectivity index (χ0) is 18.9. The topological polar surface area (TPSA) is 80.5 Å². The number of hydrogen-bond acceptors (Lipinski definition) is 6. The number of carbonyl (C=O) groups is 1. The Morgan fingerprint density at radius 3 is 2.93 bits per heavy atom. The fourth-order valence-electron chi connectivity index (χ4n) is 3.31. The van der Waals surface area contributed by atoms with Crippen LogP contribution in [0.4, 0.5) is 0 Å². The fraction of sp³-hybridized carbons (Fsp3) is 0.500. The molecule has 1 amide bonds. The van der Waals surface area contributed by atoms with Crippen molar-refractivity contribution in [2.45, 2.75) is 44.9 Å². The monoisotopic (exact) mass is 424 g/mol. The number of likely N-dealkylation sites (tertiary alicyclic amines) is 1. The van der Waals surface area contributed by atoms with E-state index >= 15 is 0 Å². The number of benzene rings is 1. The number of amides is 1. The Bertz CT molecular complexity index is 713. The largest absolute Gasteiger partial charge is 0.486 e. The van der Waals surface area contributed by atoms with Gasteiger partial charge in [0.15, 0.2) is 0 Å². The van der Waals surface area contributed by atoms with Gasteiger partial charge in [-0.15, -0.1) is 23.7 Å². The Hall–Kier alpha value is -1.67. The second-order valence-corrected chi connectivity index (χ2v) is 7.74. The Labute approximate surface area is 176 Å². The van der Waals surface area contributed by atoms with E-state index in [1.165, 1.54) is 12.8 Å². The SMILES string of the molecule is Cl.NCCC(=O)NCC1CCCCN1Cc1csc(COc2ccccc2)n1. The zero-order valence-corrected chi connectivity index (χ0v) is 17.6. The maximum Gasteiger partial charge on any atom is 0.221 e. The smallest absolute Gasteiger partial charge is 0.221 e. The summed E-state index contributed by atoms with van der Waals surface area (Å²) in [5.74, 6) is 0.899. The molecule has 3 N–H and O–H groups in total. The minimum Gasteiger partial charge on any atom is -0.486 e. The Morgan fingerprint density at radius 1 is 1.32 bits per heavy atom. The van der Waals surface area contributed by atoms with Gasteiger partial charge in [-0.1, -0.05) is 24.6 Å². The number of para-hydroxylation sites is 1. The van der Waals surface area contributed by atoms with Crippen LogP contribution in [0.25, 0.3) is 0 Å². The van der Waals surface area contributed by atoms with Crippen LogP contribution in [0.1, 0.15) is 36.4 Å². The molecule has 1 fully saturated rings. The zero-order valence-electron chi connectivity index (χ0n) is 16.0. The molecule has 1 saturated heterocycles. The number of halogens is 1. The highest BCUT2D eigenvalue weighted by Gasteiger charge is 2.23. The first kappa shape index (κ1) is 22.6. The van der Waals surface area contributed by atoms with Crippen molar-refractivity contribution in [3.05, 3.63) is 46.4 Å². The average molecular weight is 425 g/mol. The first-order valence-corrected chi connectivity index (χ1v) is 10.4. The van der Waals surface area contributed by atoms with E-state index in [9.17, 15) is 4.79 Å². The maximum absolute atomic E-state index is 11.7. The van der Waals surface area contributed by atoms with Crippen molar-refractivity contribution in [2.24, 2.45) is 5.73 Å². The number of nitrogens with zero attached hydrogens (tertiary/aromatic N) is 2. The third-order valence-electron chi connectivity index (χ3n) is 4.73. The first-order chi connectivity index (χ1) is 13.2. The Kier molecular flexibility index (Phi) is 9.70. The number of thiazole rings is 1.